The number of ether oxygens (including phenoxy) is 1. The average molecular weight is 535 g/mol. The summed E-state index contributed by atoms with van der Waals surface area (Å²) < 4.78 is 5.62. The molecule has 204 valence electrons. The van der Waals surface area contributed by atoms with Gasteiger partial charge in [-0.15, -0.1) is 0 Å². The number of primary amides is 1. The Morgan fingerprint density at radius 2 is 1.85 bits per heavy atom. The number of rotatable bonds is 5. The number of likely N-dealkylation sites (N-methyl/N-ethyl adjacent to an activating group) is 1. The van der Waals surface area contributed by atoms with Crippen LogP contribution in [0.4, 0.5) is 0 Å². The van der Waals surface area contributed by atoms with Gasteiger partial charge in [0.15, 0.2) is 34.7 Å². The van der Waals surface area contributed by atoms with Gasteiger partial charge in [-0.3, -0.25) is 28.9 Å². The van der Waals surface area contributed by atoms with Crippen LogP contribution in [-0.4, -0.2) is 76.5 Å². The van der Waals surface area contributed by atoms with Crippen LogP contribution in [0.5, 0.6) is 11.5 Å². The van der Waals surface area contributed by atoms with Crippen molar-refractivity contribution in [2.75, 3.05) is 20.7 Å². The number of nitrogens with zero attached hydrogens (tertiary/aromatic N) is 1. The first kappa shape index (κ1) is 26.7. The zero-order chi connectivity index (χ0) is 28.4. The van der Waals surface area contributed by atoms with E-state index in [4.69, 9.17) is 10.5 Å². The van der Waals surface area contributed by atoms with Crippen molar-refractivity contribution < 1.29 is 38.9 Å². The van der Waals surface area contributed by atoms with Crippen LogP contribution in [0.2, 0.25) is 0 Å². The van der Waals surface area contributed by atoms with E-state index < -0.39 is 64.4 Å². The standard InChI is InChI=1S/C29H30N2O8/c1-4-39-15-7-5-6-13(10-15)16-8-9-19(32)21-17(16)11-14-12-18-23(31(2)3)25(34)22(28(30)37)27(36)29(18,38)26(35)20(14)24(21)33/h5-10,14,18,20,22-23,32,38H,4,11-12H2,1-3H3,(H2,30,37). The maximum absolute atomic E-state index is 13.9. The van der Waals surface area contributed by atoms with Gasteiger partial charge in [-0.2, -0.15) is 0 Å². The summed E-state index contributed by atoms with van der Waals surface area (Å²) in [5.74, 6) is -10.00. The van der Waals surface area contributed by atoms with Crippen molar-refractivity contribution >= 4 is 29.0 Å². The van der Waals surface area contributed by atoms with E-state index in [-0.39, 0.29) is 24.2 Å². The van der Waals surface area contributed by atoms with E-state index >= 15 is 0 Å². The number of hydrogen-bond donors (Lipinski definition) is 3. The molecule has 6 atom stereocenters. The monoisotopic (exact) mass is 534 g/mol. The summed E-state index contributed by atoms with van der Waals surface area (Å²) in [6, 6.07) is 9.22. The minimum Gasteiger partial charge on any atom is -0.507 e. The predicted octanol–water partition coefficient (Wildman–Crippen LogP) is 0.933. The molecule has 10 nitrogen and oxygen atoms in total. The number of nitrogens with two attached hydrogens (primary N) is 1. The number of carbonyl (C=O) groups is 5. The van der Waals surface area contributed by atoms with Gasteiger partial charge in [-0.1, -0.05) is 18.2 Å². The molecule has 3 aliphatic rings. The highest BCUT2D eigenvalue weighted by Crippen LogP contribution is 2.51. The van der Waals surface area contributed by atoms with Crippen LogP contribution in [0.25, 0.3) is 11.1 Å². The van der Waals surface area contributed by atoms with Gasteiger partial charge in [0, 0.05) is 5.92 Å². The second-order valence-corrected chi connectivity index (χ2v) is 10.7. The van der Waals surface area contributed by atoms with Crippen molar-refractivity contribution in [1.29, 1.82) is 0 Å². The minimum atomic E-state index is -2.74. The molecule has 2 saturated carbocycles. The Bertz CT molecular complexity index is 1430. The fourth-order valence-electron chi connectivity index (χ4n) is 6.80. The van der Waals surface area contributed by atoms with E-state index in [0.29, 0.717) is 23.5 Å². The van der Waals surface area contributed by atoms with Gasteiger partial charge in [0.05, 0.1) is 24.1 Å². The first-order chi connectivity index (χ1) is 18.4. The second-order valence-electron chi connectivity index (χ2n) is 10.7. The number of ketones is 4. The van der Waals surface area contributed by atoms with Crippen molar-refractivity contribution in [2.45, 2.75) is 31.4 Å². The predicted molar refractivity (Wildman–Crippen MR) is 138 cm³/mol. The molecule has 4 N–H and O–H groups in total. The molecule has 0 spiro atoms. The Labute approximate surface area is 224 Å². The van der Waals surface area contributed by atoms with Gasteiger partial charge in [-0.25, -0.2) is 0 Å². The smallest absolute Gasteiger partial charge is 0.235 e. The molecule has 39 heavy (non-hydrogen) atoms. The number of phenols is 1. The number of carbonyl (C=O) groups excluding carboxylic acids is 5. The first-order valence-electron chi connectivity index (χ1n) is 12.9. The van der Waals surface area contributed by atoms with E-state index in [9.17, 15) is 34.2 Å². The summed E-state index contributed by atoms with van der Waals surface area (Å²) in [6.45, 7) is 2.33. The third-order valence-electron chi connectivity index (χ3n) is 8.40. The summed E-state index contributed by atoms with van der Waals surface area (Å²) in [5, 5.41) is 22.4. The summed E-state index contributed by atoms with van der Waals surface area (Å²) in [6.07, 6.45) is 0.187. The SMILES string of the molecule is CCOc1cccc(-c2ccc(O)c3c2CC2CC4C(N(C)C)C(=O)C(C(N)=O)C(=O)C4(O)C(=O)C2C3=O)c1. The molecule has 0 radical (unpaired) electrons. The van der Waals surface area contributed by atoms with Crippen molar-refractivity contribution in [3.8, 4) is 22.6 Å². The minimum absolute atomic E-state index is 0.00201. The summed E-state index contributed by atoms with van der Waals surface area (Å²) in [7, 11) is 3.10. The van der Waals surface area contributed by atoms with Gasteiger partial charge < -0.3 is 20.7 Å². The zero-order valence-corrected chi connectivity index (χ0v) is 21.8. The molecule has 0 aromatic heterocycles. The van der Waals surface area contributed by atoms with Crippen LogP contribution < -0.4 is 10.5 Å². The van der Waals surface area contributed by atoms with Gasteiger partial charge in [0.1, 0.15) is 11.5 Å². The van der Waals surface area contributed by atoms with Gasteiger partial charge in [0.25, 0.3) is 0 Å². The maximum atomic E-state index is 13.9. The summed E-state index contributed by atoms with van der Waals surface area (Å²) >= 11 is 0. The largest absolute Gasteiger partial charge is 0.507 e. The number of Topliss-reactive ketones (excluding diaryl/α,β-unsaturated/α-hetero) is 4. The third-order valence-corrected chi connectivity index (χ3v) is 8.40. The molecular weight excluding hydrogens is 504 g/mol. The average Bonchev–Trinajstić information content (AvgIpc) is 2.86. The van der Waals surface area contributed by atoms with E-state index in [1.54, 1.807) is 26.2 Å². The molecule has 1 amide bonds. The van der Waals surface area contributed by atoms with Gasteiger partial charge in [0.2, 0.25) is 5.91 Å². The van der Waals surface area contributed by atoms with Crippen LogP contribution in [0.3, 0.4) is 0 Å². The van der Waals surface area contributed by atoms with Crippen LogP contribution in [0.1, 0.15) is 29.3 Å². The number of hydrogen-bond acceptors (Lipinski definition) is 9. The van der Waals surface area contributed by atoms with Gasteiger partial charge in [-0.05, 0) is 74.7 Å². The molecule has 5 rings (SSSR count). The molecule has 3 aliphatic carbocycles. The summed E-state index contributed by atoms with van der Waals surface area (Å²) in [5.41, 5.74) is 4.54. The Morgan fingerprint density at radius 3 is 2.49 bits per heavy atom. The number of aromatic hydroxyl groups is 1. The molecule has 0 bridgehead atoms. The van der Waals surface area contributed by atoms with E-state index in [1.807, 2.05) is 25.1 Å². The van der Waals surface area contributed by atoms with Crippen molar-refractivity contribution in [3.63, 3.8) is 0 Å². The lowest BCUT2D eigenvalue weighted by Crippen LogP contribution is -2.74. The van der Waals surface area contributed by atoms with E-state index in [2.05, 4.69) is 0 Å². The fraction of sp³-hybridized carbons (Fsp3) is 0.414. The topological polar surface area (TPSA) is 164 Å². The molecule has 2 aromatic carbocycles. The molecule has 0 saturated heterocycles. The maximum Gasteiger partial charge on any atom is 0.235 e. The number of fused-ring (bicyclic) bond motifs is 3. The van der Waals surface area contributed by atoms with Crippen LogP contribution in [0.15, 0.2) is 36.4 Å². The highest BCUT2D eigenvalue weighted by atomic mass is 16.5. The second kappa shape index (κ2) is 9.39. The molecule has 2 aromatic rings. The number of benzene rings is 2. The van der Waals surface area contributed by atoms with Crippen LogP contribution >= 0.6 is 0 Å². The number of aliphatic hydroxyl groups is 1. The zero-order valence-electron chi connectivity index (χ0n) is 21.8. The van der Waals surface area contributed by atoms with E-state index in [0.717, 1.165) is 5.56 Å². The van der Waals surface area contributed by atoms with E-state index in [1.165, 1.54) is 11.0 Å². The van der Waals surface area contributed by atoms with Gasteiger partial charge >= 0.3 is 0 Å². The highest BCUT2D eigenvalue weighted by molar-refractivity contribution is 6.32. The lowest BCUT2D eigenvalue weighted by Gasteiger charge is -2.52. The molecular formula is C29H30N2O8. The Balaban J connectivity index is 1.64. The Morgan fingerprint density at radius 1 is 1.13 bits per heavy atom. The summed E-state index contributed by atoms with van der Waals surface area (Å²) in [4.78, 5) is 67.9. The first-order valence-corrected chi connectivity index (χ1v) is 12.9. The molecule has 6 unspecified atom stereocenters. The fourth-order valence-corrected chi connectivity index (χ4v) is 6.80. The molecule has 0 aliphatic heterocycles. The number of phenolic OH excluding ortho intramolecular Hbond substituents is 1. The van der Waals surface area contributed by atoms with Crippen molar-refractivity contribution in [2.24, 2.45) is 29.4 Å². The third kappa shape index (κ3) is 3.81. The van der Waals surface area contributed by atoms with Crippen molar-refractivity contribution in [3.05, 3.63) is 47.5 Å². The molecule has 2 fully saturated rings. The van der Waals surface area contributed by atoms with Crippen LogP contribution in [-0.2, 0) is 25.6 Å². The van der Waals surface area contributed by atoms with Crippen LogP contribution in [0, 0.1) is 23.7 Å². The quantitative estimate of drug-likeness (QED) is 0.473. The lowest BCUT2D eigenvalue weighted by atomic mass is 9.52. The lowest BCUT2D eigenvalue weighted by molar-refractivity contribution is -0.181. The highest BCUT2D eigenvalue weighted by Gasteiger charge is 2.69. The Hall–Kier alpha value is -3.89. The molecule has 0 heterocycles. The molecule has 10 heteroatoms. The number of amides is 1. The Kier molecular flexibility index (Phi) is 6.43. The van der Waals surface area contributed by atoms with Crippen molar-refractivity contribution in [1.82, 2.24) is 4.90 Å². The normalized spacial score (nSPS) is 30.0.